The van der Waals surface area contributed by atoms with Crippen molar-refractivity contribution in [2.45, 2.75) is 38.5 Å². The standard InChI is InChI=1S/C21H25N5O/c1-25-19(27)16-17(15-7-3-2-4-8-15)23-24-18(16)22-20(25)26-13-11-21(12-14-26)9-5-6-10-21/h2-4,7-8H,5-6,9-14H2,1H3,(H,23,24). The molecule has 0 radical (unpaired) electrons. The molecule has 0 unspecified atom stereocenters. The molecular weight excluding hydrogens is 338 g/mol. The maximum atomic E-state index is 13.1. The number of aromatic amines is 1. The van der Waals surface area contributed by atoms with Gasteiger partial charge in [0.25, 0.3) is 5.56 Å². The molecule has 3 heterocycles. The summed E-state index contributed by atoms with van der Waals surface area (Å²) in [6.07, 6.45) is 7.89. The molecule has 0 bridgehead atoms. The van der Waals surface area contributed by atoms with Crippen molar-refractivity contribution in [2.75, 3.05) is 18.0 Å². The number of rotatable bonds is 2. The third-order valence-electron chi connectivity index (χ3n) is 6.61. The van der Waals surface area contributed by atoms with Gasteiger partial charge in [-0.2, -0.15) is 10.1 Å². The minimum Gasteiger partial charge on any atom is -0.342 e. The highest BCUT2D eigenvalue weighted by atomic mass is 16.1. The van der Waals surface area contributed by atoms with Crippen LogP contribution in [0.4, 0.5) is 5.95 Å². The van der Waals surface area contributed by atoms with E-state index in [1.807, 2.05) is 37.4 Å². The zero-order valence-electron chi connectivity index (χ0n) is 15.7. The molecule has 1 aromatic carbocycles. The lowest BCUT2D eigenvalue weighted by Crippen LogP contribution is -2.41. The Hall–Kier alpha value is -2.63. The van der Waals surface area contributed by atoms with Gasteiger partial charge in [-0.15, -0.1) is 0 Å². The highest BCUT2D eigenvalue weighted by molar-refractivity contribution is 5.90. The van der Waals surface area contributed by atoms with Gasteiger partial charge in [0.1, 0.15) is 5.39 Å². The van der Waals surface area contributed by atoms with Crippen LogP contribution in [0.5, 0.6) is 0 Å². The van der Waals surface area contributed by atoms with Crippen LogP contribution in [0, 0.1) is 5.41 Å². The number of H-pyrrole nitrogens is 1. The van der Waals surface area contributed by atoms with Gasteiger partial charge in [-0.1, -0.05) is 43.2 Å². The SMILES string of the molecule is Cn1c(N2CCC3(CCCC3)CC2)nc2n[nH]c(-c3ccccc3)c2c1=O. The van der Waals surface area contributed by atoms with E-state index in [0.717, 1.165) is 30.3 Å². The molecule has 1 saturated carbocycles. The maximum absolute atomic E-state index is 13.1. The normalized spacial score (nSPS) is 19.2. The van der Waals surface area contributed by atoms with E-state index in [9.17, 15) is 4.79 Å². The molecule has 6 nitrogen and oxygen atoms in total. The van der Waals surface area contributed by atoms with Crippen molar-refractivity contribution in [3.8, 4) is 11.3 Å². The molecular formula is C21H25N5O. The molecule has 1 N–H and O–H groups in total. The summed E-state index contributed by atoms with van der Waals surface area (Å²) in [6, 6.07) is 9.84. The predicted molar refractivity (Wildman–Crippen MR) is 107 cm³/mol. The number of fused-ring (bicyclic) bond motifs is 1. The number of aromatic nitrogens is 4. The smallest absolute Gasteiger partial charge is 0.266 e. The highest BCUT2D eigenvalue weighted by Gasteiger charge is 2.37. The number of anilines is 1. The first-order valence-corrected chi connectivity index (χ1v) is 9.92. The second-order valence-electron chi connectivity index (χ2n) is 8.13. The molecule has 3 aromatic rings. The van der Waals surface area contributed by atoms with Crippen molar-refractivity contribution in [3.63, 3.8) is 0 Å². The first kappa shape index (κ1) is 16.5. The lowest BCUT2D eigenvalue weighted by Gasteiger charge is -2.40. The average molecular weight is 363 g/mol. The van der Waals surface area contributed by atoms with Gasteiger partial charge in [-0.25, -0.2) is 0 Å². The van der Waals surface area contributed by atoms with Gasteiger partial charge in [0.2, 0.25) is 5.95 Å². The van der Waals surface area contributed by atoms with Crippen LogP contribution < -0.4 is 10.5 Å². The largest absolute Gasteiger partial charge is 0.342 e. The van der Waals surface area contributed by atoms with Crippen LogP contribution in [0.2, 0.25) is 0 Å². The predicted octanol–water partition coefficient (Wildman–Crippen LogP) is 3.48. The second kappa shape index (κ2) is 6.22. The number of hydrogen-bond donors (Lipinski definition) is 1. The third kappa shape index (κ3) is 2.66. The summed E-state index contributed by atoms with van der Waals surface area (Å²) >= 11 is 0. The van der Waals surface area contributed by atoms with Gasteiger partial charge in [-0.3, -0.25) is 14.5 Å². The molecule has 27 heavy (non-hydrogen) atoms. The summed E-state index contributed by atoms with van der Waals surface area (Å²) in [5.41, 5.74) is 2.71. The van der Waals surface area contributed by atoms with E-state index < -0.39 is 0 Å². The summed E-state index contributed by atoms with van der Waals surface area (Å²) < 4.78 is 1.69. The Morgan fingerprint density at radius 3 is 2.44 bits per heavy atom. The summed E-state index contributed by atoms with van der Waals surface area (Å²) in [5, 5.41) is 7.94. The van der Waals surface area contributed by atoms with Crippen LogP contribution in [0.15, 0.2) is 35.1 Å². The molecule has 6 heteroatoms. The average Bonchev–Trinajstić information content (AvgIpc) is 3.34. The van der Waals surface area contributed by atoms with Crippen LogP contribution >= 0.6 is 0 Å². The van der Waals surface area contributed by atoms with E-state index in [1.54, 1.807) is 4.57 Å². The first-order valence-electron chi connectivity index (χ1n) is 9.92. The van der Waals surface area contributed by atoms with Gasteiger partial charge in [0, 0.05) is 25.7 Å². The Balaban J connectivity index is 1.52. The Morgan fingerprint density at radius 2 is 1.74 bits per heavy atom. The van der Waals surface area contributed by atoms with Gasteiger partial charge in [0.15, 0.2) is 5.65 Å². The maximum Gasteiger partial charge on any atom is 0.266 e. The number of nitrogens with one attached hydrogen (secondary N) is 1. The lowest BCUT2D eigenvalue weighted by molar-refractivity contribution is 0.225. The molecule has 1 aliphatic heterocycles. The molecule has 1 spiro atoms. The van der Waals surface area contributed by atoms with Gasteiger partial charge in [0.05, 0.1) is 5.69 Å². The van der Waals surface area contributed by atoms with Crippen LogP contribution in [0.3, 0.4) is 0 Å². The van der Waals surface area contributed by atoms with E-state index >= 15 is 0 Å². The van der Waals surface area contributed by atoms with Crippen molar-refractivity contribution in [1.82, 2.24) is 19.7 Å². The summed E-state index contributed by atoms with van der Waals surface area (Å²) in [4.78, 5) is 20.2. The summed E-state index contributed by atoms with van der Waals surface area (Å²) in [6.45, 7) is 1.95. The zero-order valence-corrected chi connectivity index (χ0v) is 15.7. The first-order chi connectivity index (χ1) is 13.2. The van der Waals surface area contributed by atoms with E-state index in [1.165, 1.54) is 38.5 Å². The second-order valence-corrected chi connectivity index (χ2v) is 8.13. The Labute approximate surface area is 158 Å². The van der Waals surface area contributed by atoms with Crippen LogP contribution in [0.1, 0.15) is 38.5 Å². The quantitative estimate of drug-likeness (QED) is 0.757. The molecule has 140 valence electrons. The van der Waals surface area contributed by atoms with Crippen LogP contribution in [0.25, 0.3) is 22.3 Å². The molecule has 0 amide bonds. The summed E-state index contributed by atoms with van der Waals surface area (Å²) in [7, 11) is 1.83. The van der Waals surface area contributed by atoms with Gasteiger partial charge < -0.3 is 4.90 Å². The molecule has 1 aliphatic carbocycles. The molecule has 2 aromatic heterocycles. The molecule has 5 rings (SSSR count). The van der Waals surface area contributed by atoms with Crippen molar-refractivity contribution >= 4 is 17.0 Å². The Morgan fingerprint density at radius 1 is 1.04 bits per heavy atom. The fraction of sp³-hybridized carbons (Fsp3) is 0.476. The molecule has 1 saturated heterocycles. The molecule has 0 atom stereocenters. The Kier molecular flexibility index (Phi) is 3.81. The number of hydrogen-bond acceptors (Lipinski definition) is 4. The van der Waals surface area contributed by atoms with Crippen molar-refractivity contribution in [2.24, 2.45) is 12.5 Å². The van der Waals surface area contributed by atoms with Crippen LogP contribution in [-0.4, -0.2) is 32.8 Å². The topological polar surface area (TPSA) is 66.8 Å². The van der Waals surface area contributed by atoms with E-state index in [2.05, 4.69) is 15.1 Å². The van der Waals surface area contributed by atoms with Crippen LogP contribution in [-0.2, 0) is 7.05 Å². The fourth-order valence-corrected chi connectivity index (χ4v) is 4.95. The van der Waals surface area contributed by atoms with E-state index in [4.69, 9.17) is 4.98 Å². The highest BCUT2D eigenvalue weighted by Crippen LogP contribution is 2.46. The number of piperidine rings is 1. The lowest BCUT2D eigenvalue weighted by atomic mass is 9.77. The zero-order chi connectivity index (χ0) is 18.4. The molecule has 2 aliphatic rings. The monoisotopic (exact) mass is 363 g/mol. The van der Waals surface area contributed by atoms with Crippen molar-refractivity contribution in [1.29, 1.82) is 0 Å². The van der Waals surface area contributed by atoms with Gasteiger partial charge in [-0.05, 0) is 31.1 Å². The van der Waals surface area contributed by atoms with E-state index in [-0.39, 0.29) is 5.56 Å². The van der Waals surface area contributed by atoms with Crippen molar-refractivity contribution in [3.05, 3.63) is 40.7 Å². The number of nitrogens with zero attached hydrogens (tertiary/aromatic N) is 4. The fourth-order valence-electron chi connectivity index (χ4n) is 4.95. The Bertz CT molecular complexity index is 1020. The number of benzene rings is 1. The minimum absolute atomic E-state index is 0.0382. The van der Waals surface area contributed by atoms with Crippen molar-refractivity contribution < 1.29 is 0 Å². The minimum atomic E-state index is -0.0382. The van der Waals surface area contributed by atoms with E-state index in [0.29, 0.717) is 16.4 Å². The molecule has 2 fully saturated rings. The third-order valence-corrected chi connectivity index (χ3v) is 6.61. The van der Waals surface area contributed by atoms with Gasteiger partial charge >= 0.3 is 0 Å². The summed E-state index contributed by atoms with van der Waals surface area (Å²) in [5.74, 6) is 0.742.